The van der Waals surface area contributed by atoms with Crippen LogP contribution < -0.4 is 5.32 Å². The summed E-state index contributed by atoms with van der Waals surface area (Å²) in [5.41, 5.74) is 3.45. The molecule has 0 saturated carbocycles. The Kier molecular flexibility index (Phi) is 7.05. The first kappa shape index (κ1) is 19.6. The average molecular weight is 365 g/mol. The van der Waals surface area contributed by atoms with Gasteiger partial charge < -0.3 is 10.2 Å². The van der Waals surface area contributed by atoms with E-state index in [1.54, 1.807) is 0 Å². The summed E-state index contributed by atoms with van der Waals surface area (Å²) in [6.45, 7) is 8.93. The van der Waals surface area contributed by atoms with Crippen LogP contribution in [0, 0.1) is 11.8 Å². The average Bonchev–Trinajstić information content (AvgIpc) is 2.66. The molecule has 0 spiro atoms. The van der Waals surface area contributed by atoms with E-state index < -0.39 is 0 Å². The molecule has 1 heterocycles. The second-order valence-corrected chi connectivity index (χ2v) is 8.15. The van der Waals surface area contributed by atoms with Crippen LogP contribution >= 0.6 is 0 Å². The molecule has 3 rings (SSSR count). The zero-order valence-electron chi connectivity index (χ0n) is 16.7. The standard InChI is InChI=1S/C24H32N2O/c1-19-15-20(2)18-26(17-19)14-6-13-25-24(27)16-21-9-11-23(12-10-21)22-7-4-3-5-8-22/h3-5,7-12,19-20H,6,13-18H2,1-2H3,(H,25,27). The van der Waals surface area contributed by atoms with E-state index in [4.69, 9.17) is 0 Å². The molecule has 3 heteroatoms. The predicted molar refractivity (Wildman–Crippen MR) is 113 cm³/mol. The van der Waals surface area contributed by atoms with E-state index in [9.17, 15) is 4.79 Å². The Labute approximate surface area is 163 Å². The topological polar surface area (TPSA) is 32.3 Å². The van der Waals surface area contributed by atoms with Crippen molar-refractivity contribution >= 4 is 5.91 Å². The van der Waals surface area contributed by atoms with Gasteiger partial charge in [-0.2, -0.15) is 0 Å². The molecule has 1 amide bonds. The van der Waals surface area contributed by atoms with E-state index in [0.29, 0.717) is 6.42 Å². The maximum absolute atomic E-state index is 12.2. The number of carbonyl (C=O) groups is 1. The summed E-state index contributed by atoms with van der Waals surface area (Å²) in [4.78, 5) is 14.7. The highest BCUT2D eigenvalue weighted by Crippen LogP contribution is 2.21. The SMILES string of the molecule is CC1CC(C)CN(CCCNC(=O)Cc2ccc(-c3ccccc3)cc2)C1. The Morgan fingerprint density at radius 3 is 2.26 bits per heavy atom. The third-order valence-corrected chi connectivity index (χ3v) is 5.34. The molecule has 2 aromatic rings. The number of amides is 1. The monoisotopic (exact) mass is 364 g/mol. The van der Waals surface area contributed by atoms with Crippen LogP contribution in [0.5, 0.6) is 0 Å². The molecule has 2 unspecified atom stereocenters. The van der Waals surface area contributed by atoms with Crippen LogP contribution in [0.2, 0.25) is 0 Å². The Morgan fingerprint density at radius 1 is 0.963 bits per heavy atom. The smallest absolute Gasteiger partial charge is 0.224 e. The molecule has 144 valence electrons. The number of benzene rings is 2. The van der Waals surface area contributed by atoms with Gasteiger partial charge in [0.2, 0.25) is 5.91 Å². The largest absolute Gasteiger partial charge is 0.356 e. The molecule has 3 nitrogen and oxygen atoms in total. The second-order valence-electron chi connectivity index (χ2n) is 8.15. The summed E-state index contributed by atoms with van der Waals surface area (Å²) in [5, 5.41) is 3.07. The van der Waals surface area contributed by atoms with Crippen molar-refractivity contribution in [2.75, 3.05) is 26.2 Å². The van der Waals surface area contributed by atoms with Crippen molar-refractivity contribution in [2.45, 2.75) is 33.1 Å². The molecule has 1 N–H and O–H groups in total. The number of nitrogens with zero attached hydrogens (tertiary/aromatic N) is 1. The zero-order valence-corrected chi connectivity index (χ0v) is 16.7. The summed E-state index contributed by atoms with van der Waals surface area (Å²) in [5.74, 6) is 1.70. The van der Waals surface area contributed by atoms with Crippen molar-refractivity contribution in [3.05, 3.63) is 60.2 Å². The molecule has 2 aromatic carbocycles. The van der Waals surface area contributed by atoms with E-state index in [0.717, 1.165) is 36.9 Å². The molecule has 0 aliphatic carbocycles. The van der Waals surface area contributed by atoms with Crippen LogP contribution in [0.3, 0.4) is 0 Å². The second kappa shape index (κ2) is 9.70. The molecule has 1 aliphatic rings. The van der Waals surface area contributed by atoms with Crippen molar-refractivity contribution in [3.8, 4) is 11.1 Å². The van der Waals surface area contributed by atoms with Gasteiger partial charge >= 0.3 is 0 Å². The lowest BCUT2D eigenvalue weighted by molar-refractivity contribution is -0.120. The number of rotatable bonds is 7. The lowest BCUT2D eigenvalue weighted by Crippen LogP contribution is -2.40. The lowest BCUT2D eigenvalue weighted by atomic mass is 9.92. The summed E-state index contributed by atoms with van der Waals surface area (Å²) < 4.78 is 0. The van der Waals surface area contributed by atoms with Crippen molar-refractivity contribution in [1.82, 2.24) is 10.2 Å². The van der Waals surface area contributed by atoms with Gasteiger partial charge in [-0.3, -0.25) is 4.79 Å². The molecule has 0 aromatic heterocycles. The van der Waals surface area contributed by atoms with E-state index in [2.05, 4.69) is 60.5 Å². The van der Waals surface area contributed by atoms with Crippen LogP contribution in [0.1, 0.15) is 32.3 Å². The Hall–Kier alpha value is -2.13. The predicted octanol–water partition coefficient (Wildman–Crippen LogP) is 4.38. The summed E-state index contributed by atoms with van der Waals surface area (Å²) >= 11 is 0. The molecule has 27 heavy (non-hydrogen) atoms. The quantitative estimate of drug-likeness (QED) is 0.740. The van der Waals surface area contributed by atoms with E-state index >= 15 is 0 Å². The maximum atomic E-state index is 12.2. The van der Waals surface area contributed by atoms with Crippen LogP contribution in [-0.2, 0) is 11.2 Å². The Balaban J connectivity index is 1.38. The molecule has 1 saturated heterocycles. The van der Waals surface area contributed by atoms with Crippen LogP contribution in [0.4, 0.5) is 0 Å². The first-order valence-electron chi connectivity index (χ1n) is 10.2. The molecular weight excluding hydrogens is 332 g/mol. The minimum Gasteiger partial charge on any atom is -0.356 e. The Morgan fingerprint density at radius 2 is 1.59 bits per heavy atom. The Bertz CT molecular complexity index is 701. The van der Waals surface area contributed by atoms with Gasteiger partial charge in [-0.1, -0.05) is 68.4 Å². The van der Waals surface area contributed by atoms with Gasteiger partial charge in [0.1, 0.15) is 0 Å². The number of carbonyl (C=O) groups excluding carboxylic acids is 1. The third-order valence-electron chi connectivity index (χ3n) is 5.34. The fourth-order valence-corrected chi connectivity index (χ4v) is 4.20. The van der Waals surface area contributed by atoms with Gasteiger partial charge in [-0.25, -0.2) is 0 Å². The van der Waals surface area contributed by atoms with Gasteiger partial charge in [0.25, 0.3) is 0 Å². The van der Waals surface area contributed by atoms with Gasteiger partial charge in [0.05, 0.1) is 6.42 Å². The fraction of sp³-hybridized carbons (Fsp3) is 0.458. The van der Waals surface area contributed by atoms with Crippen molar-refractivity contribution < 1.29 is 4.79 Å². The fourth-order valence-electron chi connectivity index (χ4n) is 4.20. The number of hydrogen-bond acceptors (Lipinski definition) is 2. The van der Waals surface area contributed by atoms with Crippen LogP contribution in [-0.4, -0.2) is 37.0 Å². The highest BCUT2D eigenvalue weighted by molar-refractivity contribution is 5.78. The van der Waals surface area contributed by atoms with Gasteiger partial charge in [0, 0.05) is 19.6 Å². The van der Waals surface area contributed by atoms with Crippen molar-refractivity contribution in [1.29, 1.82) is 0 Å². The summed E-state index contributed by atoms with van der Waals surface area (Å²) in [7, 11) is 0. The van der Waals surface area contributed by atoms with Crippen LogP contribution in [0.25, 0.3) is 11.1 Å². The van der Waals surface area contributed by atoms with Crippen molar-refractivity contribution in [3.63, 3.8) is 0 Å². The minimum atomic E-state index is 0.114. The molecule has 0 bridgehead atoms. The summed E-state index contributed by atoms with van der Waals surface area (Å²) in [6.07, 6.45) is 2.82. The third kappa shape index (κ3) is 6.21. The highest BCUT2D eigenvalue weighted by Gasteiger charge is 2.21. The molecule has 1 aliphatic heterocycles. The molecular formula is C24H32N2O. The lowest BCUT2D eigenvalue weighted by Gasteiger charge is -2.34. The first-order valence-corrected chi connectivity index (χ1v) is 10.2. The normalized spacial score (nSPS) is 20.4. The highest BCUT2D eigenvalue weighted by atomic mass is 16.1. The number of hydrogen-bond donors (Lipinski definition) is 1. The van der Waals surface area contributed by atoms with Crippen LogP contribution in [0.15, 0.2) is 54.6 Å². The number of piperidine rings is 1. The van der Waals surface area contributed by atoms with E-state index in [1.165, 1.54) is 30.6 Å². The molecule has 1 fully saturated rings. The maximum Gasteiger partial charge on any atom is 0.224 e. The molecule has 0 radical (unpaired) electrons. The zero-order chi connectivity index (χ0) is 19.1. The van der Waals surface area contributed by atoms with Gasteiger partial charge in [-0.15, -0.1) is 0 Å². The first-order chi connectivity index (χ1) is 13.1. The van der Waals surface area contributed by atoms with Gasteiger partial charge in [0.15, 0.2) is 0 Å². The van der Waals surface area contributed by atoms with E-state index in [1.807, 2.05) is 18.2 Å². The minimum absolute atomic E-state index is 0.114. The number of nitrogens with one attached hydrogen (secondary N) is 1. The van der Waals surface area contributed by atoms with Crippen molar-refractivity contribution in [2.24, 2.45) is 11.8 Å². The molecule has 2 atom stereocenters. The van der Waals surface area contributed by atoms with Gasteiger partial charge in [-0.05, 0) is 47.9 Å². The van der Waals surface area contributed by atoms with E-state index in [-0.39, 0.29) is 5.91 Å². The summed E-state index contributed by atoms with van der Waals surface area (Å²) in [6, 6.07) is 18.6. The number of likely N-dealkylation sites (tertiary alicyclic amines) is 1.